The molecule has 0 radical (unpaired) electrons. The second kappa shape index (κ2) is 6.56. The Morgan fingerprint density at radius 2 is 1.94 bits per heavy atom. The van der Waals surface area contributed by atoms with E-state index in [2.05, 4.69) is 33.8 Å². The maximum absolute atomic E-state index is 8.59. The highest BCUT2D eigenvalue weighted by molar-refractivity contribution is 6.76. The largest absolute Gasteiger partial charge is 0.413 e. The van der Waals surface area contributed by atoms with E-state index < -0.39 is 8.32 Å². The molecule has 0 saturated carbocycles. The first kappa shape index (κ1) is 14.7. The van der Waals surface area contributed by atoms with Gasteiger partial charge in [0.2, 0.25) is 0 Å². The molecule has 0 aromatic carbocycles. The summed E-state index contributed by atoms with van der Waals surface area (Å²) in [4.78, 5) is 0. The number of hydrogen-bond acceptors (Lipinski definition) is 2. The van der Waals surface area contributed by atoms with Gasteiger partial charge in [-0.25, -0.2) is 0 Å². The molecule has 0 spiro atoms. The topological polar surface area (TPSA) is 33.0 Å². The molecule has 1 rings (SSSR count). The normalized spacial score (nSPS) is 23.9. The van der Waals surface area contributed by atoms with Crippen molar-refractivity contribution in [2.45, 2.75) is 83.0 Å². The monoisotopic (exact) mass is 253 g/mol. The fourth-order valence-electron chi connectivity index (χ4n) is 3.16. The minimum absolute atomic E-state index is 0.438. The summed E-state index contributed by atoms with van der Waals surface area (Å²) in [7, 11) is -1.54. The summed E-state index contributed by atoms with van der Waals surface area (Å²) < 4.78 is 6.57. The molecule has 1 aliphatic heterocycles. The van der Waals surface area contributed by atoms with E-state index >= 15 is 0 Å². The van der Waals surface area contributed by atoms with Crippen LogP contribution in [0, 0.1) is 11.3 Å². The van der Waals surface area contributed by atoms with E-state index in [9.17, 15) is 0 Å². The molecule has 1 aliphatic rings. The molecule has 3 heteroatoms. The van der Waals surface area contributed by atoms with Gasteiger partial charge in [-0.1, -0.05) is 34.1 Å². The van der Waals surface area contributed by atoms with Crippen LogP contribution in [0.15, 0.2) is 0 Å². The van der Waals surface area contributed by atoms with Crippen LogP contribution < -0.4 is 0 Å². The molecule has 1 unspecified atom stereocenters. The molecule has 2 nitrogen and oxygen atoms in total. The van der Waals surface area contributed by atoms with Crippen LogP contribution in [-0.4, -0.2) is 14.4 Å². The van der Waals surface area contributed by atoms with Gasteiger partial charge in [0, 0.05) is 12.5 Å². The molecule has 0 aromatic rings. The molecule has 1 fully saturated rings. The lowest BCUT2D eigenvalue weighted by Crippen LogP contribution is -2.50. The lowest BCUT2D eigenvalue weighted by atomic mass is 10.1. The van der Waals surface area contributed by atoms with Crippen LogP contribution in [0.2, 0.25) is 17.1 Å². The lowest BCUT2D eigenvalue weighted by molar-refractivity contribution is 0.136. The SMILES string of the molecule is CC(C)[Si]1(C(C)C)CCCC(CCCC#N)O1. The molecule has 1 heterocycles. The Balaban J connectivity index is 2.60. The Hall–Kier alpha value is -0.333. The predicted octanol–water partition coefficient (Wildman–Crippen LogP) is 4.62. The molecule has 0 N–H and O–H groups in total. The minimum atomic E-state index is -1.54. The van der Waals surface area contributed by atoms with Crippen LogP contribution in [0.25, 0.3) is 0 Å². The highest BCUT2D eigenvalue weighted by atomic mass is 28.4. The molecular formula is C14H27NOSi. The summed E-state index contributed by atoms with van der Waals surface area (Å²) in [5.41, 5.74) is 1.42. The van der Waals surface area contributed by atoms with Crippen molar-refractivity contribution in [3.63, 3.8) is 0 Å². The highest BCUT2D eigenvalue weighted by Crippen LogP contribution is 2.43. The van der Waals surface area contributed by atoms with Crippen molar-refractivity contribution in [1.29, 1.82) is 5.26 Å². The van der Waals surface area contributed by atoms with E-state index in [1.54, 1.807) is 0 Å². The van der Waals surface area contributed by atoms with Gasteiger partial charge in [-0.3, -0.25) is 0 Å². The average molecular weight is 253 g/mol. The van der Waals surface area contributed by atoms with Crippen molar-refractivity contribution in [2.75, 3.05) is 0 Å². The molecule has 0 amide bonds. The fourth-order valence-corrected chi connectivity index (χ4v) is 7.93. The number of hydrogen-bond donors (Lipinski definition) is 0. The standard InChI is InChI=1S/C14H27NOSi/c1-12(2)17(13(3)4)11-7-9-14(16-17)8-5-6-10-15/h12-14H,5-9,11H2,1-4H3. The zero-order valence-corrected chi connectivity index (χ0v) is 12.8. The van der Waals surface area contributed by atoms with Gasteiger partial charge in [-0.15, -0.1) is 0 Å². The zero-order chi connectivity index (χ0) is 12.9. The molecule has 98 valence electrons. The van der Waals surface area contributed by atoms with Crippen LogP contribution in [0.4, 0.5) is 0 Å². The quantitative estimate of drug-likeness (QED) is 0.529. The van der Waals surface area contributed by atoms with Crippen molar-refractivity contribution < 1.29 is 4.43 Å². The third-order valence-electron chi connectivity index (χ3n) is 4.25. The molecule has 1 saturated heterocycles. The van der Waals surface area contributed by atoms with Gasteiger partial charge < -0.3 is 4.43 Å². The van der Waals surface area contributed by atoms with Gasteiger partial charge in [0.25, 0.3) is 0 Å². The van der Waals surface area contributed by atoms with Crippen LogP contribution in [0.3, 0.4) is 0 Å². The maximum atomic E-state index is 8.59. The second-order valence-electron chi connectivity index (χ2n) is 5.95. The zero-order valence-electron chi connectivity index (χ0n) is 11.8. The average Bonchev–Trinajstić information content (AvgIpc) is 2.29. The summed E-state index contributed by atoms with van der Waals surface area (Å²) in [5.74, 6) is 0. The van der Waals surface area contributed by atoms with Gasteiger partial charge in [-0.05, 0) is 36.4 Å². The Morgan fingerprint density at radius 1 is 1.29 bits per heavy atom. The second-order valence-corrected chi connectivity index (χ2v) is 10.9. The van der Waals surface area contributed by atoms with E-state index in [1.807, 2.05) is 0 Å². The number of unbranched alkanes of at least 4 members (excludes halogenated alkanes) is 1. The molecule has 0 bridgehead atoms. The third kappa shape index (κ3) is 3.56. The number of nitriles is 1. The van der Waals surface area contributed by atoms with E-state index in [1.165, 1.54) is 18.9 Å². The molecule has 0 aliphatic carbocycles. The molecule has 0 aromatic heterocycles. The predicted molar refractivity (Wildman–Crippen MR) is 74.3 cm³/mol. The van der Waals surface area contributed by atoms with E-state index in [-0.39, 0.29) is 0 Å². The number of nitrogens with zero attached hydrogens (tertiary/aromatic N) is 1. The van der Waals surface area contributed by atoms with Gasteiger partial charge >= 0.3 is 0 Å². The molecule has 1 atom stereocenters. The van der Waals surface area contributed by atoms with Crippen LogP contribution >= 0.6 is 0 Å². The summed E-state index contributed by atoms with van der Waals surface area (Å²) in [6.07, 6.45) is 5.74. The minimum Gasteiger partial charge on any atom is -0.413 e. The lowest BCUT2D eigenvalue weighted by Gasteiger charge is -2.45. The summed E-state index contributed by atoms with van der Waals surface area (Å²) in [5, 5.41) is 8.59. The van der Waals surface area contributed by atoms with Crippen molar-refractivity contribution in [1.82, 2.24) is 0 Å². The van der Waals surface area contributed by atoms with Gasteiger partial charge in [0.05, 0.1) is 6.07 Å². The first-order valence-corrected chi connectivity index (χ1v) is 9.34. The van der Waals surface area contributed by atoms with Crippen molar-refractivity contribution in [3.05, 3.63) is 0 Å². The van der Waals surface area contributed by atoms with E-state index in [4.69, 9.17) is 9.69 Å². The van der Waals surface area contributed by atoms with Crippen LogP contribution in [-0.2, 0) is 4.43 Å². The van der Waals surface area contributed by atoms with E-state index in [0.717, 1.165) is 12.8 Å². The Bertz CT molecular complexity index is 262. The Labute approximate surface area is 107 Å². The summed E-state index contributed by atoms with van der Waals surface area (Å²) in [6, 6.07) is 3.56. The van der Waals surface area contributed by atoms with Gasteiger partial charge in [0.1, 0.15) is 0 Å². The third-order valence-corrected chi connectivity index (χ3v) is 10.1. The first-order valence-electron chi connectivity index (χ1n) is 7.07. The first-order chi connectivity index (χ1) is 8.03. The summed E-state index contributed by atoms with van der Waals surface area (Å²) in [6.45, 7) is 9.35. The maximum Gasteiger partial charge on any atom is 0.198 e. The van der Waals surface area contributed by atoms with Crippen molar-refractivity contribution in [2.24, 2.45) is 0 Å². The van der Waals surface area contributed by atoms with Gasteiger partial charge in [0.15, 0.2) is 8.32 Å². The van der Waals surface area contributed by atoms with Crippen molar-refractivity contribution >= 4 is 8.32 Å². The highest BCUT2D eigenvalue weighted by Gasteiger charge is 2.45. The fraction of sp³-hybridized carbons (Fsp3) is 0.929. The summed E-state index contributed by atoms with van der Waals surface area (Å²) >= 11 is 0. The molecule has 17 heavy (non-hydrogen) atoms. The number of rotatable bonds is 5. The van der Waals surface area contributed by atoms with E-state index in [0.29, 0.717) is 23.6 Å². The smallest absolute Gasteiger partial charge is 0.198 e. The Kier molecular flexibility index (Phi) is 5.68. The van der Waals surface area contributed by atoms with Crippen LogP contribution in [0.1, 0.15) is 59.8 Å². The van der Waals surface area contributed by atoms with Gasteiger partial charge in [-0.2, -0.15) is 5.26 Å². The molecular weight excluding hydrogens is 226 g/mol. The van der Waals surface area contributed by atoms with Crippen molar-refractivity contribution in [3.8, 4) is 6.07 Å². The van der Waals surface area contributed by atoms with Crippen LogP contribution in [0.5, 0.6) is 0 Å². The Morgan fingerprint density at radius 3 is 2.47 bits per heavy atom.